The van der Waals surface area contributed by atoms with Crippen molar-refractivity contribution in [3.05, 3.63) is 65.0 Å². The third-order valence-corrected chi connectivity index (χ3v) is 7.09. The number of hydrogen-bond acceptors (Lipinski definition) is 3. The first-order chi connectivity index (χ1) is 13.3. The van der Waals surface area contributed by atoms with Gasteiger partial charge in [0.1, 0.15) is 5.82 Å². The van der Waals surface area contributed by atoms with Gasteiger partial charge in [0.05, 0.1) is 4.90 Å². The molecule has 2 aromatic rings. The van der Waals surface area contributed by atoms with Gasteiger partial charge in [-0.25, -0.2) is 12.8 Å². The summed E-state index contributed by atoms with van der Waals surface area (Å²) in [6, 6.07) is 10.7. The number of rotatable bonds is 5. The first-order valence-corrected chi connectivity index (χ1v) is 10.8. The predicted octanol–water partition coefficient (Wildman–Crippen LogP) is 3.58. The van der Waals surface area contributed by atoms with E-state index in [0.29, 0.717) is 30.8 Å². The third kappa shape index (κ3) is 4.42. The highest BCUT2D eigenvalue weighted by Gasteiger charge is 2.28. The summed E-state index contributed by atoms with van der Waals surface area (Å²) in [6.07, 6.45) is 2.76. The van der Waals surface area contributed by atoms with Crippen LogP contribution in [0.25, 0.3) is 0 Å². The van der Waals surface area contributed by atoms with Gasteiger partial charge in [-0.3, -0.25) is 4.79 Å². The topological polar surface area (TPSA) is 57.7 Å². The number of amides is 1. The zero-order valence-electron chi connectivity index (χ0n) is 16.2. The minimum Gasteiger partial charge on any atom is -0.337 e. The largest absolute Gasteiger partial charge is 0.337 e. The molecule has 0 unspecified atom stereocenters. The van der Waals surface area contributed by atoms with E-state index < -0.39 is 10.0 Å². The number of aryl methyl sites for hydroxylation is 1. The van der Waals surface area contributed by atoms with Crippen molar-refractivity contribution in [2.75, 3.05) is 20.1 Å². The van der Waals surface area contributed by atoms with Crippen molar-refractivity contribution in [1.29, 1.82) is 0 Å². The van der Waals surface area contributed by atoms with E-state index in [1.54, 1.807) is 38.2 Å². The number of piperidine rings is 1. The van der Waals surface area contributed by atoms with Gasteiger partial charge in [0.25, 0.3) is 5.91 Å². The van der Waals surface area contributed by atoms with E-state index in [-0.39, 0.29) is 16.6 Å². The summed E-state index contributed by atoms with van der Waals surface area (Å²) in [5, 5.41) is 0. The molecule has 5 nitrogen and oxygen atoms in total. The fourth-order valence-corrected chi connectivity index (χ4v) is 5.18. The molecule has 1 fully saturated rings. The molecule has 1 saturated heterocycles. The molecular weight excluding hydrogens is 379 g/mol. The van der Waals surface area contributed by atoms with Crippen LogP contribution in [0.3, 0.4) is 0 Å². The maximum atomic E-state index is 13.1. The Morgan fingerprint density at radius 3 is 2.36 bits per heavy atom. The minimum atomic E-state index is -3.62. The molecule has 1 amide bonds. The summed E-state index contributed by atoms with van der Waals surface area (Å²) in [4.78, 5) is 14.5. The summed E-state index contributed by atoms with van der Waals surface area (Å²) in [5.74, 6) is -0.608. The molecule has 0 spiro atoms. The Bertz CT molecular complexity index is 952. The maximum Gasteiger partial charge on any atom is 0.253 e. The quantitative estimate of drug-likeness (QED) is 0.765. The molecule has 0 radical (unpaired) electrons. The average molecular weight is 405 g/mol. The number of halogens is 1. The van der Waals surface area contributed by atoms with Crippen molar-refractivity contribution in [3.8, 4) is 0 Å². The summed E-state index contributed by atoms with van der Waals surface area (Å²) in [7, 11) is -1.97. The molecule has 28 heavy (non-hydrogen) atoms. The fraction of sp³-hybridized carbons (Fsp3) is 0.381. The lowest BCUT2D eigenvalue weighted by Gasteiger charge is -2.27. The van der Waals surface area contributed by atoms with Crippen molar-refractivity contribution in [2.45, 2.75) is 37.6 Å². The number of carbonyl (C=O) groups is 1. The standard InChI is InChI=1S/C21H25FN2O3S/c1-16-6-9-18(14-20(16)28(26,27)24-12-4-3-5-13-24)21(25)23(2)15-17-7-10-19(22)11-8-17/h6-11,14H,3-5,12-13,15H2,1-2H3. The number of carbonyl (C=O) groups excluding carboxylic acids is 1. The first-order valence-electron chi connectivity index (χ1n) is 9.40. The van der Waals surface area contributed by atoms with Crippen LogP contribution < -0.4 is 0 Å². The van der Waals surface area contributed by atoms with E-state index in [1.165, 1.54) is 27.4 Å². The van der Waals surface area contributed by atoms with Gasteiger partial charge in [0, 0.05) is 32.2 Å². The van der Waals surface area contributed by atoms with Crippen LogP contribution in [0.2, 0.25) is 0 Å². The van der Waals surface area contributed by atoms with Crippen molar-refractivity contribution in [2.24, 2.45) is 0 Å². The van der Waals surface area contributed by atoms with E-state index >= 15 is 0 Å². The van der Waals surface area contributed by atoms with Crippen LogP contribution in [-0.4, -0.2) is 43.7 Å². The van der Waals surface area contributed by atoms with E-state index in [1.807, 2.05) is 0 Å². The Morgan fingerprint density at radius 2 is 1.71 bits per heavy atom. The van der Waals surface area contributed by atoms with Gasteiger partial charge in [-0.1, -0.05) is 24.6 Å². The molecule has 0 aliphatic carbocycles. The molecule has 3 rings (SSSR count). The Balaban J connectivity index is 1.83. The highest BCUT2D eigenvalue weighted by molar-refractivity contribution is 7.89. The van der Waals surface area contributed by atoms with Crippen LogP contribution in [0.1, 0.15) is 40.7 Å². The summed E-state index contributed by atoms with van der Waals surface area (Å²) < 4.78 is 40.6. The van der Waals surface area contributed by atoms with Crippen LogP contribution in [0.15, 0.2) is 47.4 Å². The lowest BCUT2D eigenvalue weighted by molar-refractivity contribution is 0.0785. The third-order valence-electron chi connectivity index (χ3n) is 5.05. The van der Waals surface area contributed by atoms with Gasteiger partial charge in [0.15, 0.2) is 0 Å². The SMILES string of the molecule is Cc1ccc(C(=O)N(C)Cc2ccc(F)cc2)cc1S(=O)(=O)N1CCCCC1. The zero-order valence-corrected chi connectivity index (χ0v) is 17.0. The summed E-state index contributed by atoms with van der Waals surface area (Å²) in [5.41, 5.74) is 1.75. The Hall–Kier alpha value is -2.25. The lowest BCUT2D eigenvalue weighted by Crippen LogP contribution is -2.36. The molecule has 0 N–H and O–H groups in total. The van der Waals surface area contributed by atoms with Gasteiger partial charge in [-0.05, 0) is 55.2 Å². The van der Waals surface area contributed by atoms with Crippen molar-refractivity contribution in [1.82, 2.24) is 9.21 Å². The molecular formula is C21H25FN2O3S. The van der Waals surface area contributed by atoms with Gasteiger partial charge < -0.3 is 4.90 Å². The second kappa shape index (κ2) is 8.41. The van der Waals surface area contributed by atoms with Gasteiger partial charge >= 0.3 is 0 Å². The second-order valence-electron chi connectivity index (χ2n) is 7.23. The molecule has 7 heteroatoms. The average Bonchev–Trinajstić information content (AvgIpc) is 2.70. The smallest absolute Gasteiger partial charge is 0.253 e. The van der Waals surface area contributed by atoms with Crippen LogP contribution >= 0.6 is 0 Å². The van der Waals surface area contributed by atoms with Crippen molar-refractivity contribution >= 4 is 15.9 Å². The van der Waals surface area contributed by atoms with E-state index in [0.717, 1.165) is 24.8 Å². The molecule has 150 valence electrons. The molecule has 2 aromatic carbocycles. The molecule has 0 saturated carbocycles. The minimum absolute atomic E-state index is 0.190. The van der Waals surface area contributed by atoms with E-state index in [2.05, 4.69) is 0 Å². The number of hydrogen-bond donors (Lipinski definition) is 0. The van der Waals surface area contributed by atoms with Gasteiger partial charge in [-0.2, -0.15) is 4.31 Å². The van der Waals surface area contributed by atoms with Crippen molar-refractivity contribution < 1.29 is 17.6 Å². The number of nitrogens with zero attached hydrogens (tertiary/aromatic N) is 2. The van der Waals surface area contributed by atoms with Crippen molar-refractivity contribution in [3.63, 3.8) is 0 Å². The molecule has 1 aliphatic rings. The summed E-state index contributed by atoms with van der Waals surface area (Å²) >= 11 is 0. The van der Waals surface area contributed by atoms with Crippen LogP contribution in [0.4, 0.5) is 4.39 Å². The molecule has 1 aliphatic heterocycles. The van der Waals surface area contributed by atoms with Crippen LogP contribution in [0, 0.1) is 12.7 Å². The fourth-order valence-electron chi connectivity index (χ4n) is 3.41. The molecule has 0 aromatic heterocycles. The lowest BCUT2D eigenvalue weighted by atomic mass is 10.1. The maximum absolute atomic E-state index is 13.1. The highest BCUT2D eigenvalue weighted by Crippen LogP contribution is 2.25. The first kappa shape index (κ1) is 20.5. The highest BCUT2D eigenvalue weighted by atomic mass is 32.2. The predicted molar refractivity (Wildman–Crippen MR) is 106 cm³/mol. The van der Waals surface area contributed by atoms with E-state index in [9.17, 15) is 17.6 Å². The summed E-state index contributed by atoms with van der Waals surface area (Å²) in [6.45, 7) is 3.09. The Labute approximate surface area is 165 Å². The van der Waals surface area contributed by atoms with E-state index in [4.69, 9.17) is 0 Å². The molecule has 0 bridgehead atoms. The zero-order chi connectivity index (χ0) is 20.3. The number of benzene rings is 2. The number of sulfonamides is 1. The monoisotopic (exact) mass is 404 g/mol. The Morgan fingerprint density at radius 1 is 1.07 bits per heavy atom. The molecule has 1 heterocycles. The van der Waals surface area contributed by atoms with Crippen LogP contribution in [-0.2, 0) is 16.6 Å². The van der Waals surface area contributed by atoms with Crippen LogP contribution in [0.5, 0.6) is 0 Å². The van der Waals surface area contributed by atoms with Gasteiger partial charge in [0.2, 0.25) is 10.0 Å². The van der Waals surface area contributed by atoms with Gasteiger partial charge in [-0.15, -0.1) is 0 Å². The molecule has 0 atom stereocenters. The Kier molecular flexibility index (Phi) is 6.15. The normalized spacial score (nSPS) is 15.4. The second-order valence-corrected chi connectivity index (χ2v) is 9.14.